The Morgan fingerprint density at radius 1 is 1.75 bits per heavy atom. The molecular weight excluding hydrogens is 209 g/mol. The highest BCUT2D eigenvalue weighted by molar-refractivity contribution is 5.33. The molecule has 1 fully saturated rings. The van der Waals surface area contributed by atoms with Crippen LogP contribution in [0.2, 0.25) is 0 Å². The molecule has 84 valence electrons. The van der Waals surface area contributed by atoms with Gasteiger partial charge in [0, 0.05) is 12.1 Å². The SMILES string of the molecule is CC(Oc1cnc(F)c(C#N)c1)[C@H]1CCN1. The number of nitrogens with zero attached hydrogens (tertiary/aromatic N) is 2. The van der Waals surface area contributed by atoms with E-state index in [9.17, 15) is 4.39 Å². The summed E-state index contributed by atoms with van der Waals surface area (Å²) < 4.78 is 18.5. The quantitative estimate of drug-likeness (QED) is 0.780. The average Bonchev–Trinajstić information content (AvgIpc) is 2.18. The van der Waals surface area contributed by atoms with Gasteiger partial charge in [0.15, 0.2) is 0 Å². The third kappa shape index (κ3) is 2.12. The second-order valence-electron chi connectivity index (χ2n) is 3.79. The molecule has 2 atom stereocenters. The third-order valence-electron chi connectivity index (χ3n) is 2.68. The van der Waals surface area contributed by atoms with Crippen molar-refractivity contribution in [2.45, 2.75) is 25.5 Å². The number of aromatic nitrogens is 1. The van der Waals surface area contributed by atoms with E-state index in [1.165, 1.54) is 12.3 Å². The number of nitrogens with one attached hydrogen (secondary N) is 1. The summed E-state index contributed by atoms with van der Waals surface area (Å²) in [5.41, 5.74) is -0.0914. The normalized spacial score (nSPS) is 20.7. The maximum Gasteiger partial charge on any atom is 0.231 e. The van der Waals surface area contributed by atoms with Crippen LogP contribution in [0.3, 0.4) is 0 Å². The number of nitriles is 1. The highest BCUT2D eigenvalue weighted by Crippen LogP contribution is 2.18. The molecule has 0 aromatic carbocycles. The maximum absolute atomic E-state index is 12.9. The van der Waals surface area contributed by atoms with Crippen molar-refractivity contribution in [3.8, 4) is 11.8 Å². The maximum atomic E-state index is 12.9. The zero-order valence-corrected chi connectivity index (χ0v) is 8.90. The number of hydrogen-bond donors (Lipinski definition) is 1. The van der Waals surface area contributed by atoms with Crippen molar-refractivity contribution in [2.24, 2.45) is 0 Å². The molecule has 4 nitrogen and oxygen atoms in total. The molecule has 16 heavy (non-hydrogen) atoms. The molecule has 1 aromatic heterocycles. The van der Waals surface area contributed by atoms with Gasteiger partial charge in [0.25, 0.3) is 0 Å². The van der Waals surface area contributed by atoms with E-state index < -0.39 is 5.95 Å². The minimum atomic E-state index is -0.760. The zero-order chi connectivity index (χ0) is 11.5. The predicted molar refractivity (Wildman–Crippen MR) is 55.4 cm³/mol. The largest absolute Gasteiger partial charge is 0.487 e. The zero-order valence-electron chi connectivity index (χ0n) is 8.90. The molecule has 2 heterocycles. The van der Waals surface area contributed by atoms with E-state index in [1.54, 1.807) is 6.07 Å². The smallest absolute Gasteiger partial charge is 0.231 e. The standard InChI is InChI=1S/C11H12FN3O/c1-7(10-2-3-14-10)16-9-4-8(5-13)11(12)15-6-9/h4,6-7,10,14H,2-3H2,1H3/t7?,10-/m1/s1. The fourth-order valence-corrected chi connectivity index (χ4v) is 1.58. The molecular formula is C11H12FN3O. The first-order valence-electron chi connectivity index (χ1n) is 5.16. The van der Waals surface area contributed by atoms with Crippen LogP contribution in [-0.2, 0) is 0 Å². The van der Waals surface area contributed by atoms with Crippen molar-refractivity contribution in [1.29, 1.82) is 5.26 Å². The first-order valence-corrected chi connectivity index (χ1v) is 5.16. The molecule has 1 unspecified atom stereocenters. The molecule has 5 heteroatoms. The van der Waals surface area contributed by atoms with E-state index in [-0.39, 0.29) is 11.7 Å². The highest BCUT2D eigenvalue weighted by atomic mass is 19.1. The summed E-state index contributed by atoms with van der Waals surface area (Å²) in [7, 11) is 0. The molecule has 0 spiro atoms. The Labute approximate surface area is 93.1 Å². The van der Waals surface area contributed by atoms with Gasteiger partial charge in [-0.25, -0.2) is 4.98 Å². The van der Waals surface area contributed by atoms with E-state index in [2.05, 4.69) is 10.3 Å². The van der Waals surface area contributed by atoms with Crippen LogP contribution in [0.5, 0.6) is 5.75 Å². The van der Waals surface area contributed by atoms with Gasteiger partial charge in [0.1, 0.15) is 23.5 Å². The Balaban J connectivity index is 2.06. The van der Waals surface area contributed by atoms with Crippen molar-refractivity contribution in [1.82, 2.24) is 10.3 Å². The summed E-state index contributed by atoms with van der Waals surface area (Å²) in [4.78, 5) is 3.47. The lowest BCUT2D eigenvalue weighted by molar-refractivity contribution is 0.133. The fourth-order valence-electron chi connectivity index (χ4n) is 1.58. The van der Waals surface area contributed by atoms with Crippen LogP contribution >= 0.6 is 0 Å². The van der Waals surface area contributed by atoms with Gasteiger partial charge in [-0.2, -0.15) is 9.65 Å². The lowest BCUT2D eigenvalue weighted by Crippen LogP contribution is -2.51. The summed E-state index contributed by atoms with van der Waals surface area (Å²) in [6.45, 7) is 2.94. The molecule has 0 aliphatic carbocycles. The molecule has 0 saturated carbocycles. The van der Waals surface area contributed by atoms with Crippen molar-refractivity contribution < 1.29 is 9.13 Å². The van der Waals surface area contributed by atoms with Gasteiger partial charge in [-0.05, 0) is 19.9 Å². The van der Waals surface area contributed by atoms with E-state index in [0.717, 1.165) is 13.0 Å². The topological polar surface area (TPSA) is 57.9 Å². The number of ether oxygens (including phenoxy) is 1. The van der Waals surface area contributed by atoms with Crippen LogP contribution in [0, 0.1) is 17.3 Å². The first kappa shape index (κ1) is 10.8. The van der Waals surface area contributed by atoms with Gasteiger partial charge in [0.05, 0.1) is 6.20 Å². The van der Waals surface area contributed by atoms with Gasteiger partial charge in [-0.1, -0.05) is 0 Å². The van der Waals surface area contributed by atoms with Crippen LogP contribution in [0.1, 0.15) is 18.9 Å². The van der Waals surface area contributed by atoms with E-state index in [1.807, 2.05) is 6.92 Å². The molecule has 0 radical (unpaired) electrons. The van der Waals surface area contributed by atoms with Gasteiger partial charge < -0.3 is 10.1 Å². The average molecular weight is 221 g/mol. The highest BCUT2D eigenvalue weighted by Gasteiger charge is 2.24. The summed E-state index contributed by atoms with van der Waals surface area (Å²) in [5.74, 6) is -0.330. The van der Waals surface area contributed by atoms with Gasteiger partial charge in [-0.3, -0.25) is 0 Å². The second kappa shape index (κ2) is 4.45. The van der Waals surface area contributed by atoms with Crippen LogP contribution in [-0.4, -0.2) is 23.7 Å². The molecule has 1 aromatic rings. The van der Waals surface area contributed by atoms with Crippen molar-refractivity contribution in [3.63, 3.8) is 0 Å². The summed E-state index contributed by atoms with van der Waals surface area (Å²) in [6.07, 6.45) is 2.36. The fraction of sp³-hybridized carbons (Fsp3) is 0.455. The number of halogens is 1. The molecule has 2 rings (SSSR count). The summed E-state index contributed by atoms with van der Waals surface area (Å²) in [6, 6.07) is 3.43. The minimum absolute atomic E-state index is 0.00689. The molecule has 1 saturated heterocycles. The second-order valence-corrected chi connectivity index (χ2v) is 3.79. The van der Waals surface area contributed by atoms with Gasteiger partial charge in [-0.15, -0.1) is 0 Å². The van der Waals surface area contributed by atoms with Crippen LogP contribution in [0.25, 0.3) is 0 Å². The van der Waals surface area contributed by atoms with Crippen LogP contribution < -0.4 is 10.1 Å². The molecule has 0 amide bonds. The molecule has 1 N–H and O–H groups in total. The lowest BCUT2D eigenvalue weighted by atomic mass is 10.0. The van der Waals surface area contributed by atoms with E-state index in [4.69, 9.17) is 10.00 Å². The number of hydrogen-bond acceptors (Lipinski definition) is 4. The Bertz CT molecular complexity index is 426. The van der Waals surface area contributed by atoms with Crippen LogP contribution in [0.15, 0.2) is 12.3 Å². The molecule has 1 aliphatic heterocycles. The van der Waals surface area contributed by atoms with E-state index in [0.29, 0.717) is 11.8 Å². The monoisotopic (exact) mass is 221 g/mol. The Kier molecular flexibility index (Phi) is 3.02. The van der Waals surface area contributed by atoms with E-state index >= 15 is 0 Å². The third-order valence-corrected chi connectivity index (χ3v) is 2.68. The van der Waals surface area contributed by atoms with Crippen molar-refractivity contribution in [2.75, 3.05) is 6.54 Å². The Morgan fingerprint density at radius 3 is 3.06 bits per heavy atom. The Morgan fingerprint density at radius 2 is 2.50 bits per heavy atom. The van der Waals surface area contributed by atoms with Gasteiger partial charge in [0.2, 0.25) is 5.95 Å². The summed E-state index contributed by atoms with van der Waals surface area (Å²) in [5, 5.41) is 11.9. The lowest BCUT2D eigenvalue weighted by Gasteiger charge is -2.33. The summed E-state index contributed by atoms with van der Waals surface area (Å²) >= 11 is 0. The van der Waals surface area contributed by atoms with Gasteiger partial charge >= 0.3 is 0 Å². The van der Waals surface area contributed by atoms with Crippen molar-refractivity contribution >= 4 is 0 Å². The van der Waals surface area contributed by atoms with Crippen molar-refractivity contribution in [3.05, 3.63) is 23.8 Å². The predicted octanol–water partition coefficient (Wildman–Crippen LogP) is 1.22. The molecule has 0 bridgehead atoms. The molecule has 1 aliphatic rings. The number of pyridine rings is 1. The minimum Gasteiger partial charge on any atom is -0.487 e. The first-order chi connectivity index (χ1) is 7.70. The number of rotatable bonds is 3. The Hall–Kier alpha value is -1.67. The van der Waals surface area contributed by atoms with Crippen LogP contribution in [0.4, 0.5) is 4.39 Å².